The fourth-order valence-electron chi connectivity index (χ4n) is 2.54. The molecule has 0 spiro atoms. The van der Waals surface area contributed by atoms with E-state index in [2.05, 4.69) is 14.9 Å². The van der Waals surface area contributed by atoms with E-state index < -0.39 is 0 Å². The van der Waals surface area contributed by atoms with Crippen molar-refractivity contribution in [2.45, 2.75) is 6.54 Å². The number of aliphatic hydroxyl groups excluding tert-OH is 1. The van der Waals surface area contributed by atoms with Gasteiger partial charge in [-0.25, -0.2) is 0 Å². The summed E-state index contributed by atoms with van der Waals surface area (Å²) in [7, 11) is 3.70. The van der Waals surface area contributed by atoms with Gasteiger partial charge in [-0.1, -0.05) is 0 Å². The summed E-state index contributed by atoms with van der Waals surface area (Å²) in [6, 6.07) is 0. The van der Waals surface area contributed by atoms with Gasteiger partial charge in [0.05, 0.1) is 19.3 Å². The van der Waals surface area contributed by atoms with Crippen LogP contribution in [0.25, 0.3) is 0 Å². The van der Waals surface area contributed by atoms with Gasteiger partial charge in [0, 0.05) is 65.1 Å². The quantitative estimate of drug-likeness (QED) is 0.728. The van der Waals surface area contributed by atoms with E-state index in [1.165, 1.54) is 0 Å². The Morgan fingerprint density at radius 3 is 2.57 bits per heavy atom. The lowest BCUT2D eigenvalue weighted by molar-refractivity contribution is -0.132. The van der Waals surface area contributed by atoms with Crippen molar-refractivity contribution in [1.29, 1.82) is 0 Å². The zero-order valence-electron chi connectivity index (χ0n) is 12.9. The largest absolute Gasteiger partial charge is 0.395 e. The topological polar surface area (TPSA) is 64.8 Å². The molecule has 7 heteroatoms. The van der Waals surface area contributed by atoms with Gasteiger partial charge in [0.1, 0.15) is 0 Å². The van der Waals surface area contributed by atoms with Crippen LogP contribution in [0.5, 0.6) is 0 Å². The summed E-state index contributed by atoms with van der Waals surface area (Å²) < 4.78 is 1.74. The van der Waals surface area contributed by atoms with Crippen LogP contribution in [0.15, 0.2) is 12.4 Å². The van der Waals surface area contributed by atoms with Crippen molar-refractivity contribution in [3.05, 3.63) is 18.0 Å². The lowest BCUT2D eigenvalue weighted by atomic mass is 10.3. The third kappa shape index (κ3) is 4.80. The average molecular weight is 295 g/mol. The van der Waals surface area contributed by atoms with Crippen molar-refractivity contribution in [2.24, 2.45) is 7.05 Å². The maximum atomic E-state index is 12.2. The summed E-state index contributed by atoms with van der Waals surface area (Å²) in [6.07, 6.45) is 3.72. The number of aromatic nitrogens is 2. The number of piperazine rings is 1. The normalized spacial score (nSPS) is 17.1. The molecule has 1 aromatic rings. The summed E-state index contributed by atoms with van der Waals surface area (Å²) in [4.78, 5) is 18.4. The minimum atomic E-state index is 0.134. The van der Waals surface area contributed by atoms with Gasteiger partial charge in [0.2, 0.25) is 5.91 Å². The van der Waals surface area contributed by atoms with Gasteiger partial charge >= 0.3 is 0 Å². The number of carbonyl (C=O) groups excluding carboxylic acids is 1. The number of carbonyl (C=O) groups is 1. The van der Waals surface area contributed by atoms with E-state index in [9.17, 15) is 4.79 Å². The molecule has 0 atom stereocenters. The highest BCUT2D eigenvalue weighted by Crippen LogP contribution is 2.05. The van der Waals surface area contributed by atoms with Crippen LogP contribution in [0.3, 0.4) is 0 Å². The number of aryl methyl sites for hydroxylation is 1. The minimum absolute atomic E-state index is 0.134. The number of likely N-dealkylation sites (N-methyl/N-ethyl adjacent to an activating group) is 1. The second-order valence-electron chi connectivity index (χ2n) is 5.61. The van der Waals surface area contributed by atoms with E-state index >= 15 is 0 Å². The molecule has 21 heavy (non-hydrogen) atoms. The van der Waals surface area contributed by atoms with E-state index in [0.717, 1.165) is 38.3 Å². The third-order valence-electron chi connectivity index (χ3n) is 3.84. The standard InChI is InChI=1S/C14H25N5O2/c1-16(10-13-9-15-17(2)11-13)14(21)12-19-5-3-18(4-6-19)7-8-20/h9,11,20H,3-8,10,12H2,1-2H3. The Hall–Kier alpha value is -1.44. The van der Waals surface area contributed by atoms with Crippen molar-refractivity contribution in [3.63, 3.8) is 0 Å². The maximum Gasteiger partial charge on any atom is 0.236 e. The molecule has 1 N–H and O–H groups in total. The predicted molar refractivity (Wildman–Crippen MR) is 79.6 cm³/mol. The Balaban J connectivity index is 1.74. The Labute approximate surface area is 125 Å². The number of hydrogen-bond donors (Lipinski definition) is 1. The first-order chi connectivity index (χ1) is 10.1. The highest BCUT2D eigenvalue weighted by atomic mass is 16.3. The molecule has 1 fully saturated rings. The van der Waals surface area contributed by atoms with Gasteiger partial charge in [-0.05, 0) is 0 Å². The molecule has 1 saturated heterocycles. The summed E-state index contributed by atoms with van der Waals surface area (Å²) >= 11 is 0. The number of rotatable bonds is 6. The maximum absolute atomic E-state index is 12.2. The van der Waals surface area contributed by atoms with E-state index in [0.29, 0.717) is 13.1 Å². The molecule has 0 aromatic carbocycles. The van der Waals surface area contributed by atoms with Crippen LogP contribution >= 0.6 is 0 Å². The van der Waals surface area contributed by atoms with Crippen LogP contribution in [-0.2, 0) is 18.4 Å². The van der Waals surface area contributed by atoms with Crippen LogP contribution in [0.2, 0.25) is 0 Å². The molecule has 0 unspecified atom stereocenters. The van der Waals surface area contributed by atoms with Gasteiger partial charge in [-0.15, -0.1) is 0 Å². The zero-order chi connectivity index (χ0) is 15.2. The number of hydrogen-bond acceptors (Lipinski definition) is 5. The lowest BCUT2D eigenvalue weighted by Gasteiger charge is -2.34. The Bertz CT molecular complexity index is 454. The van der Waals surface area contributed by atoms with E-state index in [1.54, 1.807) is 15.8 Å². The molecule has 1 aromatic heterocycles. The van der Waals surface area contributed by atoms with E-state index in [-0.39, 0.29) is 12.5 Å². The molecular formula is C14H25N5O2. The molecule has 1 amide bonds. The molecule has 0 saturated carbocycles. The van der Waals surface area contributed by atoms with Crippen molar-refractivity contribution in [2.75, 3.05) is 52.9 Å². The summed E-state index contributed by atoms with van der Waals surface area (Å²) in [5.74, 6) is 0.134. The van der Waals surface area contributed by atoms with Crippen LogP contribution in [-0.4, -0.2) is 88.4 Å². The van der Waals surface area contributed by atoms with E-state index in [1.807, 2.05) is 20.3 Å². The van der Waals surface area contributed by atoms with Crippen LogP contribution in [0.4, 0.5) is 0 Å². The SMILES string of the molecule is CN(Cc1cnn(C)c1)C(=O)CN1CCN(CCO)CC1. The number of amides is 1. The molecular weight excluding hydrogens is 270 g/mol. The average Bonchev–Trinajstić information content (AvgIpc) is 2.86. The molecule has 2 rings (SSSR count). The van der Waals surface area contributed by atoms with Crippen molar-refractivity contribution < 1.29 is 9.90 Å². The monoisotopic (exact) mass is 295 g/mol. The molecule has 0 radical (unpaired) electrons. The highest BCUT2D eigenvalue weighted by Gasteiger charge is 2.20. The Morgan fingerprint density at radius 1 is 1.33 bits per heavy atom. The summed E-state index contributed by atoms with van der Waals surface area (Å²) in [5.41, 5.74) is 1.04. The molecule has 7 nitrogen and oxygen atoms in total. The second-order valence-corrected chi connectivity index (χ2v) is 5.61. The first-order valence-corrected chi connectivity index (χ1v) is 7.35. The summed E-state index contributed by atoms with van der Waals surface area (Å²) in [6.45, 7) is 5.58. The highest BCUT2D eigenvalue weighted by molar-refractivity contribution is 5.78. The lowest BCUT2D eigenvalue weighted by Crippen LogP contribution is -2.50. The molecule has 0 bridgehead atoms. The Kier molecular flexibility index (Phi) is 5.72. The first-order valence-electron chi connectivity index (χ1n) is 7.35. The first kappa shape index (κ1) is 15.9. The summed E-state index contributed by atoms with van der Waals surface area (Å²) in [5, 5.41) is 13.0. The predicted octanol–water partition coefficient (Wildman–Crippen LogP) is -1.01. The van der Waals surface area contributed by atoms with Crippen molar-refractivity contribution in [1.82, 2.24) is 24.5 Å². The Morgan fingerprint density at radius 2 is 2.00 bits per heavy atom. The van der Waals surface area contributed by atoms with Crippen LogP contribution in [0, 0.1) is 0 Å². The third-order valence-corrected chi connectivity index (χ3v) is 3.84. The van der Waals surface area contributed by atoms with Gasteiger partial charge in [0.25, 0.3) is 0 Å². The molecule has 1 aliphatic rings. The smallest absolute Gasteiger partial charge is 0.236 e. The fraction of sp³-hybridized carbons (Fsp3) is 0.714. The van der Waals surface area contributed by atoms with Crippen LogP contribution in [0.1, 0.15) is 5.56 Å². The van der Waals surface area contributed by atoms with Gasteiger partial charge in [0.15, 0.2) is 0 Å². The van der Waals surface area contributed by atoms with Crippen LogP contribution < -0.4 is 0 Å². The van der Waals surface area contributed by atoms with Gasteiger partial charge < -0.3 is 10.0 Å². The zero-order valence-corrected chi connectivity index (χ0v) is 12.9. The number of aliphatic hydroxyl groups is 1. The molecule has 0 aliphatic carbocycles. The molecule has 2 heterocycles. The second kappa shape index (κ2) is 7.53. The van der Waals surface area contributed by atoms with E-state index in [4.69, 9.17) is 5.11 Å². The number of nitrogens with zero attached hydrogens (tertiary/aromatic N) is 5. The van der Waals surface area contributed by atoms with Gasteiger partial charge in [-0.3, -0.25) is 19.3 Å². The minimum Gasteiger partial charge on any atom is -0.395 e. The van der Waals surface area contributed by atoms with Crippen molar-refractivity contribution in [3.8, 4) is 0 Å². The van der Waals surface area contributed by atoms with Gasteiger partial charge in [-0.2, -0.15) is 5.10 Å². The number of β-amino-alcohol motifs (C(OH)–C–C–N with tert-alkyl or cyclic N) is 1. The van der Waals surface area contributed by atoms with Crippen molar-refractivity contribution >= 4 is 5.91 Å². The molecule has 118 valence electrons. The fourth-order valence-corrected chi connectivity index (χ4v) is 2.54. The molecule has 1 aliphatic heterocycles.